The Bertz CT molecular complexity index is 265. The predicted molar refractivity (Wildman–Crippen MR) is 68.8 cm³/mol. The molecule has 98 valence electrons. The molecular formula is C11H26N2O2S. The summed E-state index contributed by atoms with van der Waals surface area (Å²) >= 11 is 0. The van der Waals surface area contributed by atoms with Crippen molar-refractivity contribution in [2.75, 3.05) is 25.4 Å². The van der Waals surface area contributed by atoms with E-state index in [1.807, 2.05) is 6.92 Å². The van der Waals surface area contributed by atoms with Gasteiger partial charge in [-0.2, -0.15) is 0 Å². The van der Waals surface area contributed by atoms with Crippen LogP contribution >= 0.6 is 0 Å². The number of rotatable bonds is 9. The lowest BCUT2D eigenvalue weighted by atomic mass is 10.1. The summed E-state index contributed by atoms with van der Waals surface area (Å²) in [5, 5.41) is 0. The van der Waals surface area contributed by atoms with Crippen molar-refractivity contribution in [3.05, 3.63) is 0 Å². The molecule has 0 saturated carbocycles. The van der Waals surface area contributed by atoms with Crippen molar-refractivity contribution in [2.45, 2.75) is 40.0 Å². The topological polar surface area (TPSA) is 63.4 Å². The van der Waals surface area contributed by atoms with Crippen molar-refractivity contribution < 1.29 is 8.42 Å². The first-order chi connectivity index (χ1) is 7.47. The average molecular weight is 250 g/mol. The van der Waals surface area contributed by atoms with Crippen LogP contribution in [0.1, 0.15) is 40.0 Å². The maximum atomic E-state index is 12.0. The van der Waals surface area contributed by atoms with Crippen LogP contribution in [0.3, 0.4) is 0 Å². The summed E-state index contributed by atoms with van der Waals surface area (Å²) in [7, 11) is -3.07. The van der Waals surface area contributed by atoms with Crippen LogP contribution in [0.2, 0.25) is 0 Å². The Balaban J connectivity index is 4.31. The van der Waals surface area contributed by atoms with E-state index < -0.39 is 10.0 Å². The summed E-state index contributed by atoms with van der Waals surface area (Å²) in [4.78, 5) is 0. The van der Waals surface area contributed by atoms with Crippen LogP contribution in [0.5, 0.6) is 0 Å². The van der Waals surface area contributed by atoms with Crippen molar-refractivity contribution >= 4 is 10.0 Å². The molecule has 0 heterocycles. The van der Waals surface area contributed by atoms with Gasteiger partial charge in [0.2, 0.25) is 10.0 Å². The van der Waals surface area contributed by atoms with E-state index in [4.69, 9.17) is 5.73 Å². The molecule has 0 amide bonds. The predicted octanol–water partition coefficient (Wildman–Crippen LogP) is 1.42. The van der Waals surface area contributed by atoms with E-state index in [2.05, 4.69) is 13.8 Å². The maximum absolute atomic E-state index is 12.0. The highest BCUT2D eigenvalue weighted by Gasteiger charge is 2.21. The molecule has 4 nitrogen and oxygen atoms in total. The molecule has 1 unspecified atom stereocenters. The number of nitrogens with zero attached hydrogens (tertiary/aromatic N) is 1. The standard InChI is InChI=1S/C11H26N2O2S/c1-4-11(3)10-13(5-2)16(14,15)9-7-6-8-12/h11H,4-10,12H2,1-3H3. The van der Waals surface area contributed by atoms with Crippen LogP contribution in [-0.2, 0) is 10.0 Å². The van der Waals surface area contributed by atoms with Crippen LogP contribution in [0.25, 0.3) is 0 Å². The average Bonchev–Trinajstić information content (AvgIpc) is 2.25. The summed E-state index contributed by atoms with van der Waals surface area (Å²) in [6, 6.07) is 0. The molecule has 0 saturated heterocycles. The molecule has 0 fully saturated rings. The molecule has 1 atom stereocenters. The summed E-state index contributed by atoms with van der Waals surface area (Å²) in [6.45, 7) is 7.82. The molecule has 0 radical (unpaired) electrons. The van der Waals surface area contributed by atoms with E-state index in [-0.39, 0.29) is 5.75 Å². The quantitative estimate of drug-likeness (QED) is 0.630. The van der Waals surface area contributed by atoms with Crippen molar-refractivity contribution in [2.24, 2.45) is 11.7 Å². The largest absolute Gasteiger partial charge is 0.330 e. The molecule has 16 heavy (non-hydrogen) atoms. The van der Waals surface area contributed by atoms with E-state index in [9.17, 15) is 8.42 Å². The van der Waals surface area contributed by atoms with Gasteiger partial charge in [0, 0.05) is 13.1 Å². The van der Waals surface area contributed by atoms with Gasteiger partial charge in [0.1, 0.15) is 0 Å². The Hall–Kier alpha value is -0.130. The lowest BCUT2D eigenvalue weighted by Gasteiger charge is -2.23. The zero-order chi connectivity index (χ0) is 12.6. The molecule has 0 bridgehead atoms. The molecule has 5 heteroatoms. The molecule has 0 aromatic rings. The maximum Gasteiger partial charge on any atom is 0.214 e. The number of sulfonamides is 1. The second kappa shape index (κ2) is 8.03. The number of hydrogen-bond acceptors (Lipinski definition) is 3. The summed E-state index contributed by atoms with van der Waals surface area (Å²) in [6.07, 6.45) is 2.45. The molecule has 2 N–H and O–H groups in total. The summed E-state index contributed by atoms with van der Waals surface area (Å²) < 4.78 is 25.5. The van der Waals surface area contributed by atoms with Gasteiger partial charge in [-0.15, -0.1) is 0 Å². The molecule has 0 aromatic carbocycles. The fourth-order valence-corrected chi connectivity index (χ4v) is 3.18. The van der Waals surface area contributed by atoms with Gasteiger partial charge in [0.15, 0.2) is 0 Å². The summed E-state index contributed by atoms with van der Waals surface area (Å²) in [5.41, 5.74) is 5.36. The Morgan fingerprint density at radius 3 is 2.31 bits per heavy atom. The first-order valence-corrected chi connectivity index (χ1v) is 7.76. The minimum atomic E-state index is -3.07. The monoisotopic (exact) mass is 250 g/mol. The van der Waals surface area contributed by atoms with Gasteiger partial charge >= 0.3 is 0 Å². The number of unbranched alkanes of at least 4 members (excludes halogenated alkanes) is 1. The van der Waals surface area contributed by atoms with Gasteiger partial charge < -0.3 is 5.73 Å². The third kappa shape index (κ3) is 5.82. The SMILES string of the molecule is CCC(C)CN(CC)S(=O)(=O)CCCCN. The van der Waals surface area contributed by atoms with E-state index >= 15 is 0 Å². The molecule has 0 rings (SSSR count). The first kappa shape index (κ1) is 15.9. The van der Waals surface area contributed by atoms with Gasteiger partial charge in [0.25, 0.3) is 0 Å². The van der Waals surface area contributed by atoms with Gasteiger partial charge in [-0.05, 0) is 25.3 Å². The van der Waals surface area contributed by atoms with Crippen molar-refractivity contribution in [1.29, 1.82) is 0 Å². The summed E-state index contributed by atoms with van der Waals surface area (Å²) in [5.74, 6) is 0.651. The van der Waals surface area contributed by atoms with E-state index in [0.717, 1.165) is 12.8 Å². The van der Waals surface area contributed by atoms with Crippen molar-refractivity contribution in [3.8, 4) is 0 Å². The first-order valence-electron chi connectivity index (χ1n) is 6.15. The Morgan fingerprint density at radius 2 is 1.88 bits per heavy atom. The highest BCUT2D eigenvalue weighted by Crippen LogP contribution is 2.10. The van der Waals surface area contributed by atoms with Crippen LogP contribution in [0, 0.1) is 5.92 Å². The van der Waals surface area contributed by atoms with Crippen LogP contribution in [-0.4, -0.2) is 38.1 Å². The van der Waals surface area contributed by atoms with Crippen molar-refractivity contribution in [3.63, 3.8) is 0 Å². The molecular weight excluding hydrogens is 224 g/mol. The van der Waals surface area contributed by atoms with E-state index in [0.29, 0.717) is 32.0 Å². The fraction of sp³-hybridized carbons (Fsp3) is 1.00. The minimum absolute atomic E-state index is 0.231. The zero-order valence-electron chi connectivity index (χ0n) is 10.8. The lowest BCUT2D eigenvalue weighted by molar-refractivity contribution is 0.361. The number of hydrogen-bond donors (Lipinski definition) is 1. The zero-order valence-corrected chi connectivity index (χ0v) is 11.6. The minimum Gasteiger partial charge on any atom is -0.330 e. The van der Waals surface area contributed by atoms with Gasteiger partial charge in [-0.3, -0.25) is 0 Å². The van der Waals surface area contributed by atoms with Gasteiger partial charge in [-0.25, -0.2) is 12.7 Å². The molecule has 0 aliphatic heterocycles. The fourth-order valence-electron chi connectivity index (χ4n) is 1.47. The van der Waals surface area contributed by atoms with Crippen LogP contribution in [0.15, 0.2) is 0 Å². The normalized spacial score (nSPS) is 14.3. The van der Waals surface area contributed by atoms with Crippen LogP contribution < -0.4 is 5.73 Å². The van der Waals surface area contributed by atoms with E-state index in [1.54, 1.807) is 4.31 Å². The van der Waals surface area contributed by atoms with Gasteiger partial charge in [0.05, 0.1) is 5.75 Å². The van der Waals surface area contributed by atoms with Crippen molar-refractivity contribution in [1.82, 2.24) is 4.31 Å². The highest BCUT2D eigenvalue weighted by molar-refractivity contribution is 7.89. The van der Waals surface area contributed by atoms with Gasteiger partial charge in [-0.1, -0.05) is 27.2 Å². The second-order valence-electron chi connectivity index (χ2n) is 4.28. The van der Waals surface area contributed by atoms with Crippen LogP contribution in [0.4, 0.5) is 0 Å². The molecule has 0 aliphatic carbocycles. The Kier molecular flexibility index (Phi) is 7.97. The molecule has 0 aromatic heterocycles. The smallest absolute Gasteiger partial charge is 0.214 e. The third-order valence-corrected chi connectivity index (χ3v) is 4.81. The highest BCUT2D eigenvalue weighted by atomic mass is 32.2. The Labute approximate surface area is 100 Å². The third-order valence-electron chi connectivity index (χ3n) is 2.81. The second-order valence-corrected chi connectivity index (χ2v) is 6.36. The number of nitrogens with two attached hydrogens (primary N) is 1. The Morgan fingerprint density at radius 1 is 1.25 bits per heavy atom. The molecule has 0 spiro atoms. The lowest BCUT2D eigenvalue weighted by Crippen LogP contribution is -2.36. The molecule has 0 aliphatic rings. The van der Waals surface area contributed by atoms with E-state index in [1.165, 1.54) is 0 Å².